The highest BCUT2D eigenvalue weighted by Gasteiger charge is 2.40. The van der Waals surface area contributed by atoms with Crippen molar-refractivity contribution in [2.75, 3.05) is 13.6 Å². The number of likely N-dealkylation sites (tertiary alicyclic amines) is 1. The van der Waals surface area contributed by atoms with Crippen LogP contribution in [0.3, 0.4) is 0 Å². The predicted molar refractivity (Wildman–Crippen MR) is 129 cm³/mol. The SMILES string of the molecule is CCC(NC)C(=O)N[C@H](C(=O)N1CCC[C@H]1c1nnnn1Cc1ccccc1)C1CCCCC1. The summed E-state index contributed by atoms with van der Waals surface area (Å²) >= 11 is 0. The molecule has 1 unspecified atom stereocenters. The van der Waals surface area contributed by atoms with Gasteiger partial charge in [-0.15, -0.1) is 5.10 Å². The van der Waals surface area contributed by atoms with Crippen molar-refractivity contribution in [2.45, 2.75) is 83.0 Å². The Bertz CT molecular complexity index is 938. The van der Waals surface area contributed by atoms with E-state index in [0.717, 1.165) is 44.1 Å². The fraction of sp³-hybridized carbons (Fsp3) is 0.640. The van der Waals surface area contributed by atoms with Gasteiger partial charge in [0, 0.05) is 6.54 Å². The first-order valence-corrected chi connectivity index (χ1v) is 12.7. The van der Waals surface area contributed by atoms with E-state index >= 15 is 0 Å². The second-order valence-electron chi connectivity index (χ2n) is 9.50. The number of hydrogen-bond donors (Lipinski definition) is 2. The van der Waals surface area contributed by atoms with Crippen LogP contribution in [0.5, 0.6) is 0 Å². The molecule has 2 N–H and O–H groups in total. The fourth-order valence-electron chi connectivity index (χ4n) is 5.42. The van der Waals surface area contributed by atoms with Crippen LogP contribution in [0.15, 0.2) is 30.3 Å². The van der Waals surface area contributed by atoms with Crippen LogP contribution in [0.1, 0.15) is 75.7 Å². The summed E-state index contributed by atoms with van der Waals surface area (Å²) in [6.45, 7) is 3.19. The summed E-state index contributed by atoms with van der Waals surface area (Å²) in [4.78, 5) is 28.8. The number of aromatic nitrogens is 4. The normalized spacial score (nSPS) is 20.8. The Morgan fingerprint density at radius 1 is 1.09 bits per heavy atom. The number of nitrogens with zero attached hydrogens (tertiary/aromatic N) is 5. The van der Waals surface area contributed by atoms with Crippen LogP contribution in [-0.2, 0) is 16.1 Å². The standard InChI is InChI=1S/C25H37N7O2/c1-3-20(26-2)24(33)27-22(19-13-8-5-9-14-19)25(34)31-16-10-15-21(31)23-28-29-30-32(23)17-18-11-6-4-7-12-18/h4,6-7,11-12,19-22,26H,3,5,8-10,13-17H2,1-2H3,(H,27,33)/t20?,21-,22-/m0/s1. The molecule has 2 fully saturated rings. The van der Waals surface area contributed by atoms with Crippen molar-refractivity contribution in [2.24, 2.45) is 5.92 Å². The third kappa shape index (κ3) is 5.46. The Kier molecular flexibility index (Phi) is 8.26. The molecule has 0 radical (unpaired) electrons. The van der Waals surface area contributed by atoms with Crippen LogP contribution >= 0.6 is 0 Å². The van der Waals surface area contributed by atoms with Gasteiger partial charge in [0.2, 0.25) is 11.8 Å². The maximum Gasteiger partial charge on any atom is 0.246 e. The number of hydrogen-bond acceptors (Lipinski definition) is 6. The van der Waals surface area contributed by atoms with E-state index in [-0.39, 0.29) is 29.8 Å². The van der Waals surface area contributed by atoms with E-state index in [1.165, 1.54) is 6.42 Å². The molecule has 1 saturated carbocycles. The first-order valence-electron chi connectivity index (χ1n) is 12.7. The molecule has 1 aliphatic carbocycles. The monoisotopic (exact) mass is 467 g/mol. The minimum Gasteiger partial charge on any atom is -0.343 e. The van der Waals surface area contributed by atoms with Crippen LogP contribution < -0.4 is 10.6 Å². The van der Waals surface area contributed by atoms with Gasteiger partial charge in [-0.1, -0.05) is 56.5 Å². The molecule has 0 spiro atoms. The summed E-state index contributed by atoms with van der Waals surface area (Å²) in [7, 11) is 1.79. The highest BCUT2D eigenvalue weighted by molar-refractivity contribution is 5.90. The Hall–Kier alpha value is -2.81. The number of carbonyl (C=O) groups is 2. The second-order valence-corrected chi connectivity index (χ2v) is 9.50. The number of tetrazole rings is 1. The minimum atomic E-state index is -0.505. The lowest BCUT2D eigenvalue weighted by Gasteiger charge is -2.35. The molecule has 2 aliphatic rings. The highest BCUT2D eigenvalue weighted by Crippen LogP contribution is 2.34. The van der Waals surface area contributed by atoms with E-state index in [1.807, 2.05) is 42.2 Å². The summed E-state index contributed by atoms with van der Waals surface area (Å²) < 4.78 is 1.80. The molecule has 3 atom stereocenters. The van der Waals surface area contributed by atoms with Gasteiger partial charge in [0.15, 0.2) is 5.82 Å². The van der Waals surface area contributed by atoms with E-state index in [4.69, 9.17) is 0 Å². The minimum absolute atomic E-state index is 0.00275. The average Bonchev–Trinajstić information content (AvgIpc) is 3.53. The lowest BCUT2D eigenvalue weighted by atomic mass is 9.83. The molecule has 184 valence electrons. The van der Waals surface area contributed by atoms with Gasteiger partial charge in [-0.2, -0.15) is 0 Å². The lowest BCUT2D eigenvalue weighted by Crippen LogP contribution is -2.56. The number of rotatable bonds is 9. The molecular weight excluding hydrogens is 430 g/mol. The van der Waals surface area contributed by atoms with Gasteiger partial charge in [0.25, 0.3) is 0 Å². The maximum atomic E-state index is 14.0. The summed E-state index contributed by atoms with van der Waals surface area (Å²) in [5, 5.41) is 18.7. The highest BCUT2D eigenvalue weighted by atomic mass is 16.2. The molecule has 4 rings (SSSR count). The average molecular weight is 468 g/mol. The summed E-state index contributed by atoms with van der Waals surface area (Å²) in [5.74, 6) is 0.785. The van der Waals surface area contributed by atoms with Crippen LogP contribution in [0.25, 0.3) is 0 Å². The van der Waals surface area contributed by atoms with E-state index in [1.54, 1.807) is 11.7 Å². The molecule has 2 amide bonds. The van der Waals surface area contributed by atoms with Crippen LogP contribution in [0.4, 0.5) is 0 Å². The topological polar surface area (TPSA) is 105 Å². The smallest absolute Gasteiger partial charge is 0.246 e. The number of carbonyl (C=O) groups excluding carboxylic acids is 2. The predicted octanol–water partition coefficient (Wildman–Crippen LogP) is 2.45. The molecule has 1 aromatic heterocycles. The molecule has 1 aromatic carbocycles. The van der Waals surface area contributed by atoms with Crippen molar-refractivity contribution in [1.82, 2.24) is 35.7 Å². The van der Waals surface area contributed by atoms with Gasteiger partial charge >= 0.3 is 0 Å². The third-order valence-electron chi connectivity index (χ3n) is 7.33. The Morgan fingerprint density at radius 3 is 2.56 bits per heavy atom. The van der Waals surface area contributed by atoms with E-state index in [0.29, 0.717) is 25.3 Å². The molecule has 1 aliphatic heterocycles. The van der Waals surface area contributed by atoms with Crippen LogP contribution in [0.2, 0.25) is 0 Å². The van der Waals surface area contributed by atoms with Crippen molar-refractivity contribution >= 4 is 11.8 Å². The molecule has 2 heterocycles. The van der Waals surface area contributed by atoms with Gasteiger partial charge < -0.3 is 15.5 Å². The Balaban J connectivity index is 1.55. The summed E-state index contributed by atoms with van der Waals surface area (Å²) in [6, 6.07) is 9.08. The Morgan fingerprint density at radius 2 is 1.85 bits per heavy atom. The van der Waals surface area contributed by atoms with E-state index in [9.17, 15) is 9.59 Å². The van der Waals surface area contributed by atoms with Crippen molar-refractivity contribution in [1.29, 1.82) is 0 Å². The lowest BCUT2D eigenvalue weighted by molar-refractivity contribution is -0.139. The largest absolute Gasteiger partial charge is 0.343 e. The Labute approximate surface area is 201 Å². The van der Waals surface area contributed by atoms with E-state index in [2.05, 4.69) is 26.2 Å². The fourth-order valence-corrected chi connectivity index (χ4v) is 5.42. The van der Waals surface area contributed by atoms with Gasteiger partial charge in [-0.25, -0.2) is 4.68 Å². The molecular formula is C25H37N7O2. The van der Waals surface area contributed by atoms with Crippen molar-refractivity contribution < 1.29 is 9.59 Å². The molecule has 0 bridgehead atoms. The van der Waals surface area contributed by atoms with Gasteiger partial charge in [0.05, 0.1) is 18.6 Å². The molecule has 9 nitrogen and oxygen atoms in total. The molecule has 2 aromatic rings. The molecule has 1 saturated heterocycles. The number of likely N-dealkylation sites (N-methyl/N-ethyl adjacent to an activating group) is 1. The number of benzene rings is 1. The zero-order valence-electron chi connectivity index (χ0n) is 20.3. The van der Waals surface area contributed by atoms with Gasteiger partial charge in [-0.3, -0.25) is 9.59 Å². The maximum absolute atomic E-state index is 14.0. The van der Waals surface area contributed by atoms with Crippen molar-refractivity contribution in [3.63, 3.8) is 0 Å². The quantitative estimate of drug-likeness (QED) is 0.587. The van der Waals surface area contributed by atoms with E-state index < -0.39 is 6.04 Å². The number of nitrogens with one attached hydrogen (secondary N) is 2. The first kappa shape index (κ1) is 24.3. The van der Waals surface area contributed by atoms with Crippen LogP contribution in [0, 0.1) is 5.92 Å². The third-order valence-corrected chi connectivity index (χ3v) is 7.33. The zero-order valence-corrected chi connectivity index (χ0v) is 20.3. The first-order chi connectivity index (χ1) is 16.6. The zero-order chi connectivity index (χ0) is 23.9. The second kappa shape index (κ2) is 11.6. The molecule has 9 heteroatoms. The summed E-state index contributed by atoms with van der Waals surface area (Å²) in [5.41, 5.74) is 1.11. The van der Waals surface area contributed by atoms with Crippen molar-refractivity contribution in [3.8, 4) is 0 Å². The van der Waals surface area contributed by atoms with Crippen molar-refractivity contribution in [3.05, 3.63) is 41.7 Å². The van der Waals surface area contributed by atoms with Crippen LogP contribution in [-0.4, -0.2) is 62.6 Å². The summed E-state index contributed by atoms with van der Waals surface area (Å²) in [6.07, 6.45) is 7.73. The van der Waals surface area contributed by atoms with Gasteiger partial charge in [0.1, 0.15) is 6.04 Å². The van der Waals surface area contributed by atoms with Gasteiger partial charge in [-0.05, 0) is 61.1 Å². The molecule has 34 heavy (non-hydrogen) atoms. The number of amides is 2.